The maximum absolute atomic E-state index is 7.97. The molecule has 5 nitrogen and oxygen atoms in total. The summed E-state index contributed by atoms with van der Waals surface area (Å²) in [5.74, 6) is 0. The zero-order chi connectivity index (χ0) is 5.91. The van der Waals surface area contributed by atoms with Crippen molar-refractivity contribution >= 4 is 8.17 Å². The third-order valence-electron chi connectivity index (χ3n) is 0.277. The van der Waals surface area contributed by atoms with E-state index in [-0.39, 0.29) is 6.73 Å². The van der Waals surface area contributed by atoms with Crippen LogP contribution in [0.25, 0.3) is 0 Å². The van der Waals surface area contributed by atoms with Crippen LogP contribution in [0.3, 0.4) is 0 Å². The molecule has 0 aliphatic heterocycles. The molecule has 0 unspecified atom stereocenters. The zero-order valence-corrected chi connectivity index (χ0v) is 4.53. The summed E-state index contributed by atoms with van der Waals surface area (Å²) in [5, 5.41) is 0. The summed E-state index contributed by atoms with van der Waals surface area (Å²) < 4.78 is 3.81. The third-order valence-corrected chi connectivity index (χ3v) is 0.831. The monoisotopic (exact) mass is 129 g/mol. The Morgan fingerprint density at radius 1 is 1.43 bits per heavy atom. The van der Waals surface area contributed by atoms with Crippen molar-refractivity contribution in [3.05, 3.63) is 0 Å². The zero-order valence-electron chi connectivity index (χ0n) is 3.53. The van der Waals surface area contributed by atoms with Crippen LogP contribution in [-0.4, -0.2) is 21.4 Å². The summed E-state index contributed by atoms with van der Waals surface area (Å²) in [6.45, 7) is -0.379. The molecule has 0 saturated carbocycles. The van der Waals surface area contributed by atoms with Gasteiger partial charge in [-0.25, -0.2) is 0 Å². The first-order valence-corrected chi connectivity index (χ1v) is 3.32. The van der Waals surface area contributed by atoms with Gasteiger partial charge in [-0.15, -0.1) is 0 Å². The van der Waals surface area contributed by atoms with Gasteiger partial charge < -0.3 is 0 Å². The first-order chi connectivity index (χ1) is 3.06. The summed E-state index contributed by atoms with van der Waals surface area (Å²) in [6, 6.07) is 0. The van der Waals surface area contributed by atoms with Crippen molar-refractivity contribution in [2.75, 3.05) is 6.73 Å². The Morgan fingerprint density at radius 2 is 1.86 bits per heavy atom. The summed E-state index contributed by atoms with van der Waals surface area (Å²) in [6.07, 6.45) is 0. The van der Waals surface area contributed by atoms with E-state index in [4.69, 9.17) is 14.7 Å². The van der Waals surface area contributed by atoms with Gasteiger partial charge in [0.25, 0.3) is 0 Å². The van der Waals surface area contributed by atoms with Crippen molar-refractivity contribution in [1.29, 1.82) is 0 Å². The van der Waals surface area contributed by atoms with Crippen LogP contribution in [0.1, 0.15) is 0 Å². The average Bonchev–Trinajstić information content (AvgIpc) is 1.30. The summed E-state index contributed by atoms with van der Waals surface area (Å²) in [5.41, 5.74) is 4.65. The van der Waals surface area contributed by atoms with Crippen LogP contribution in [0.2, 0.25) is 0 Å². The Morgan fingerprint density at radius 3 is 1.86 bits per heavy atom. The van der Waals surface area contributed by atoms with Crippen molar-refractivity contribution in [3.8, 4) is 0 Å². The molecule has 0 aromatic carbocycles. The van der Waals surface area contributed by atoms with Gasteiger partial charge in [-0.1, -0.05) is 0 Å². The predicted octanol–water partition coefficient (Wildman–Crippen LogP) is -1.69. The molecule has 0 saturated heterocycles. The molecule has 0 aliphatic carbocycles. The fraction of sp³-hybridized carbons (Fsp3) is 1.00. The van der Waals surface area contributed by atoms with E-state index in [1.54, 1.807) is 0 Å². The van der Waals surface area contributed by atoms with E-state index < -0.39 is 8.17 Å². The number of hydrogen-bond acceptors (Lipinski definition) is 5. The van der Waals surface area contributed by atoms with Gasteiger partial charge in [-0.2, -0.15) is 0 Å². The standard InChI is InChI=1S/CH8NO4P/c2-1-6-7(3,4)5/h3-5,7H,1-2H2. The molecule has 6 heteroatoms. The molecule has 0 fully saturated rings. The molecule has 0 spiro atoms. The molecule has 0 aromatic heterocycles. The van der Waals surface area contributed by atoms with E-state index in [0.29, 0.717) is 0 Å². The van der Waals surface area contributed by atoms with Gasteiger partial charge in [0.2, 0.25) is 0 Å². The molecule has 0 aliphatic rings. The molecule has 0 radical (unpaired) electrons. The van der Waals surface area contributed by atoms with Crippen LogP contribution in [0.5, 0.6) is 0 Å². The van der Waals surface area contributed by atoms with Crippen LogP contribution < -0.4 is 5.73 Å². The Kier molecular flexibility index (Phi) is 2.60. The van der Waals surface area contributed by atoms with Crippen LogP contribution in [0, 0.1) is 0 Å². The molecule has 0 rings (SSSR count). The summed E-state index contributed by atoms with van der Waals surface area (Å²) in [4.78, 5) is 23.9. The SMILES string of the molecule is NCO[PH](O)(O)O. The number of hydrogen-bond donors (Lipinski definition) is 4. The molecule has 0 bridgehead atoms. The summed E-state index contributed by atoms with van der Waals surface area (Å²) >= 11 is 0. The second-order valence-corrected chi connectivity index (χ2v) is 2.32. The maximum atomic E-state index is 7.97. The third kappa shape index (κ3) is 6.23. The van der Waals surface area contributed by atoms with Gasteiger partial charge in [0, 0.05) is 0 Å². The van der Waals surface area contributed by atoms with Crippen molar-refractivity contribution in [2.24, 2.45) is 5.73 Å². The Hall–Kier alpha value is 0.230. The Labute approximate surface area is 41.0 Å². The molecular formula is CH8NO4P. The van der Waals surface area contributed by atoms with E-state index in [0.717, 1.165) is 0 Å². The quantitative estimate of drug-likeness (QED) is 0.263. The first kappa shape index (κ1) is 7.23. The van der Waals surface area contributed by atoms with Crippen LogP contribution >= 0.6 is 8.17 Å². The minimum atomic E-state index is -4.28. The average molecular weight is 129 g/mol. The van der Waals surface area contributed by atoms with Crippen molar-refractivity contribution in [3.63, 3.8) is 0 Å². The first-order valence-electron chi connectivity index (χ1n) is 1.57. The molecule has 0 heterocycles. The molecule has 0 amide bonds. The Bertz CT molecular complexity index is 50.1. The van der Waals surface area contributed by atoms with Crippen LogP contribution in [0.4, 0.5) is 0 Å². The summed E-state index contributed by atoms with van der Waals surface area (Å²) in [7, 11) is -4.28. The fourth-order valence-electron chi connectivity index (χ4n) is 0.112. The van der Waals surface area contributed by atoms with Gasteiger partial charge in [-0.05, 0) is 0 Å². The fourth-order valence-corrected chi connectivity index (χ4v) is 0.335. The van der Waals surface area contributed by atoms with E-state index in [9.17, 15) is 0 Å². The molecule has 5 N–H and O–H groups in total. The van der Waals surface area contributed by atoms with Gasteiger partial charge in [0.05, 0.1) is 0 Å². The van der Waals surface area contributed by atoms with E-state index >= 15 is 0 Å². The second-order valence-electron chi connectivity index (χ2n) is 0.885. The van der Waals surface area contributed by atoms with Gasteiger partial charge >= 0.3 is 39.8 Å². The van der Waals surface area contributed by atoms with Gasteiger partial charge in [0.15, 0.2) is 0 Å². The van der Waals surface area contributed by atoms with Crippen LogP contribution in [0.15, 0.2) is 0 Å². The minimum absolute atomic E-state index is 0.379. The molecular weight excluding hydrogens is 121 g/mol. The number of nitrogens with two attached hydrogens (primary N) is 1. The van der Waals surface area contributed by atoms with Gasteiger partial charge in [-0.3, -0.25) is 0 Å². The van der Waals surface area contributed by atoms with E-state index in [1.807, 2.05) is 0 Å². The number of rotatable bonds is 2. The Balaban J connectivity index is 3.15. The molecule has 7 heavy (non-hydrogen) atoms. The second kappa shape index (κ2) is 2.52. The van der Waals surface area contributed by atoms with Gasteiger partial charge in [0.1, 0.15) is 0 Å². The topological polar surface area (TPSA) is 95.9 Å². The van der Waals surface area contributed by atoms with Crippen molar-refractivity contribution < 1.29 is 19.2 Å². The molecule has 0 aromatic rings. The van der Waals surface area contributed by atoms with E-state index in [1.165, 1.54) is 0 Å². The normalized spacial score (nSPS) is 14.3. The van der Waals surface area contributed by atoms with Crippen LogP contribution in [-0.2, 0) is 4.52 Å². The van der Waals surface area contributed by atoms with Crippen molar-refractivity contribution in [1.82, 2.24) is 0 Å². The van der Waals surface area contributed by atoms with Crippen molar-refractivity contribution in [2.45, 2.75) is 0 Å². The van der Waals surface area contributed by atoms with E-state index in [2.05, 4.69) is 10.3 Å². The predicted molar refractivity (Wildman–Crippen MR) is 25.1 cm³/mol. The molecule has 46 valence electrons. The molecule has 0 atom stereocenters.